The predicted molar refractivity (Wildman–Crippen MR) is 150 cm³/mol. The number of phenols is 1. The van der Waals surface area contributed by atoms with E-state index in [0.717, 1.165) is 21.9 Å². The average molecular weight is 543 g/mol. The molecule has 9 nitrogen and oxygen atoms in total. The summed E-state index contributed by atoms with van der Waals surface area (Å²) in [6.07, 6.45) is 1.30. The lowest BCUT2D eigenvalue weighted by Crippen LogP contribution is -2.38. The van der Waals surface area contributed by atoms with Gasteiger partial charge in [0.05, 0.1) is 24.0 Å². The number of nitrogens with one attached hydrogen (secondary N) is 1. The molecule has 1 atom stereocenters. The highest BCUT2D eigenvalue weighted by Crippen LogP contribution is 2.56. The second-order valence-electron chi connectivity index (χ2n) is 9.86. The van der Waals surface area contributed by atoms with E-state index in [9.17, 15) is 19.8 Å². The number of carbonyl (C=O) groups excluding carboxylic acids is 2. The summed E-state index contributed by atoms with van der Waals surface area (Å²) in [5.74, 6) is -1.57. The van der Waals surface area contributed by atoms with Crippen molar-refractivity contribution in [1.29, 1.82) is 0 Å². The number of hydrogen-bond donors (Lipinski definition) is 3. The number of aromatic hydroxyl groups is 1. The Kier molecular flexibility index (Phi) is 6.75. The van der Waals surface area contributed by atoms with Gasteiger partial charge in [-0.3, -0.25) is 9.59 Å². The highest BCUT2D eigenvalue weighted by molar-refractivity contribution is 6.27. The number of aryl methyl sites for hydroxylation is 1. The number of oxime groups is 1. The number of allylic oxidation sites excluding steroid dienone is 3. The fourth-order valence-electron chi connectivity index (χ4n) is 5.37. The van der Waals surface area contributed by atoms with Gasteiger partial charge < -0.3 is 29.8 Å². The van der Waals surface area contributed by atoms with Gasteiger partial charge in [0.2, 0.25) is 0 Å². The molecule has 3 aromatic carbocycles. The third-order valence-corrected chi connectivity index (χ3v) is 7.47. The second kappa shape index (κ2) is 10.1. The maximum Gasteiger partial charge on any atom is 0.259 e. The molecule has 40 heavy (non-hydrogen) atoms. The summed E-state index contributed by atoms with van der Waals surface area (Å²) in [6.45, 7) is 7.34. The molecule has 0 saturated carbocycles. The molecule has 2 aliphatic rings. The summed E-state index contributed by atoms with van der Waals surface area (Å²) in [5, 5.41) is 30.7. The Morgan fingerprint density at radius 1 is 1.18 bits per heavy atom. The first kappa shape index (κ1) is 26.8. The number of methoxy groups -OCH3 is 1. The van der Waals surface area contributed by atoms with Crippen molar-refractivity contribution in [3.63, 3.8) is 0 Å². The molecule has 0 fully saturated rings. The van der Waals surface area contributed by atoms with E-state index in [-0.39, 0.29) is 64.3 Å². The molecule has 1 aliphatic heterocycles. The Labute approximate surface area is 231 Å². The topological polar surface area (TPSA) is 127 Å². The molecule has 3 aromatic rings. The number of phenolic OH excluding ortho intramolecular Hbond substituents is 1. The molecule has 206 valence electrons. The van der Waals surface area contributed by atoms with Crippen molar-refractivity contribution < 1.29 is 34.1 Å². The number of benzene rings is 3. The van der Waals surface area contributed by atoms with Gasteiger partial charge in [0, 0.05) is 18.7 Å². The smallest absolute Gasteiger partial charge is 0.259 e. The Morgan fingerprint density at radius 2 is 1.93 bits per heavy atom. The van der Waals surface area contributed by atoms with Gasteiger partial charge in [0.1, 0.15) is 40.6 Å². The zero-order valence-corrected chi connectivity index (χ0v) is 22.9. The Hall–Kier alpha value is -4.79. The Bertz CT molecular complexity index is 1670. The average Bonchev–Trinajstić information content (AvgIpc) is 3.24. The third kappa shape index (κ3) is 4.05. The molecular weight excluding hydrogens is 512 g/mol. The number of carbonyl (C=O) groups is 2. The van der Waals surface area contributed by atoms with Crippen LogP contribution in [0.25, 0.3) is 10.8 Å². The first-order valence-electron chi connectivity index (χ1n) is 12.9. The van der Waals surface area contributed by atoms with E-state index in [4.69, 9.17) is 14.3 Å². The number of rotatable bonds is 7. The van der Waals surface area contributed by atoms with Crippen molar-refractivity contribution in [1.82, 2.24) is 5.32 Å². The van der Waals surface area contributed by atoms with Crippen LogP contribution in [0.15, 0.2) is 70.8 Å². The first-order chi connectivity index (χ1) is 19.1. The second-order valence-corrected chi connectivity index (χ2v) is 9.86. The summed E-state index contributed by atoms with van der Waals surface area (Å²) in [5.41, 5.74) is 0.684. The van der Waals surface area contributed by atoms with Crippen LogP contribution >= 0.6 is 0 Å². The number of Topliss-reactive ketones (excluding diaryl/α,β-unsaturated/α-hetero) is 1. The molecule has 0 bridgehead atoms. The van der Waals surface area contributed by atoms with E-state index >= 15 is 0 Å². The molecule has 9 heteroatoms. The number of fused-ring (bicyclic) bond motifs is 4. The van der Waals surface area contributed by atoms with Crippen molar-refractivity contribution in [3.8, 4) is 17.2 Å². The summed E-state index contributed by atoms with van der Waals surface area (Å²) in [6, 6.07) is 13.2. The van der Waals surface area contributed by atoms with Crippen LogP contribution < -0.4 is 14.8 Å². The molecule has 0 saturated heterocycles. The SMILES string of the molecule is CCO/N=C(\C)C1=C(O)C=C2Oc3c(C(=O)NCc4c(C)ccc5ccccc45)c(OC)cc(O)c3[C@]2(C)C1=O. The van der Waals surface area contributed by atoms with Crippen LogP contribution in [-0.2, 0) is 21.6 Å². The van der Waals surface area contributed by atoms with Crippen LogP contribution in [0.1, 0.15) is 47.8 Å². The molecule has 1 aliphatic carbocycles. The Morgan fingerprint density at radius 3 is 2.65 bits per heavy atom. The standard InChI is InChI=1S/C31H30N2O7/c1-6-39-33-17(3)25-21(34)14-24-31(4,29(25)36)27-22(35)13-23(38-5)26(28(27)40-24)30(37)32-15-20-16(2)11-12-18-9-7-8-10-19(18)20/h7-14,34-35H,6,15H2,1-5H3,(H,32,37)/b33-17+/t31-/m1/s1. The van der Waals surface area contributed by atoms with Crippen LogP contribution in [0.4, 0.5) is 0 Å². The number of ketones is 1. The third-order valence-electron chi connectivity index (χ3n) is 7.47. The van der Waals surface area contributed by atoms with Gasteiger partial charge in [-0.2, -0.15) is 0 Å². The zero-order chi connectivity index (χ0) is 28.8. The molecule has 5 rings (SSSR count). The van der Waals surface area contributed by atoms with E-state index in [1.54, 1.807) is 20.8 Å². The lowest BCUT2D eigenvalue weighted by molar-refractivity contribution is -0.119. The minimum atomic E-state index is -1.53. The quantitative estimate of drug-likeness (QED) is 0.279. The van der Waals surface area contributed by atoms with Gasteiger partial charge in [0.25, 0.3) is 5.91 Å². The van der Waals surface area contributed by atoms with Crippen LogP contribution in [0, 0.1) is 6.92 Å². The molecule has 3 N–H and O–H groups in total. The van der Waals surface area contributed by atoms with Crippen molar-refractivity contribution in [3.05, 3.63) is 87.9 Å². The summed E-state index contributed by atoms with van der Waals surface area (Å²) in [7, 11) is 1.37. The number of ether oxygens (including phenoxy) is 2. The molecule has 0 spiro atoms. The maximum atomic E-state index is 13.8. The van der Waals surface area contributed by atoms with Crippen LogP contribution in [0.5, 0.6) is 17.2 Å². The highest BCUT2D eigenvalue weighted by atomic mass is 16.6. The first-order valence-corrected chi connectivity index (χ1v) is 12.9. The number of aliphatic hydroxyl groups is 1. The van der Waals surface area contributed by atoms with Gasteiger partial charge in [0.15, 0.2) is 11.5 Å². The highest BCUT2D eigenvalue weighted by Gasteiger charge is 2.55. The van der Waals surface area contributed by atoms with Crippen molar-refractivity contribution in [2.45, 2.75) is 39.7 Å². The largest absolute Gasteiger partial charge is 0.507 e. The summed E-state index contributed by atoms with van der Waals surface area (Å²) >= 11 is 0. The van der Waals surface area contributed by atoms with Gasteiger partial charge in [-0.05, 0) is 49.6 Å². The number of amides is 1. The van der Waals surface area contributed by atoms with Gasteiger partial charge in [-0.15, -0.1) is 0 Å². The van der Waals surface area contributed by atoms with Crippen LogP contribution in [0.2, 0.25) is 0 Å². The lowest BCUT2D eigenvalue weighted by atomic mass is 9.71. The normalized spacial score (nSPS) is 18.2. The van der Waals surface area contributed by atoms with E-state index in [2.05, 4.69) is 10.5 Å². The summed E-state index contributed by atoms with van der Waals surface area (Å²) < 4.78 is 11.5. The number of nitrogens with zero attached hydrogens (tertiary/aromatic N) is 1. The number of hydrogen-bond acceptors (Lipinski definition) is 8. The summed E-state index contributed by atoms with van der Waals surface area (Å²) in [4.78, 5) is 32.6. The monoisotopic (exact) mass is 542 g/mol. The molecular formula is C31H30N2O7. The van der Waals surface area contributed by atoms with E-state index in [1.165, 1.54) is 19.3 Å². The molecule has 0 unspecified atom stereocenters. The molecule has 1 heterocycles. The molecule has 0 radical (unpaired) electrons. The van der Waals surface area contributed by atoms with Gasteiger partial charge >= 0.3 is 0 Å². The van der Waals surface area contributed by atoms with E-state index < -0.39 is 17.1 Å². The van der Waals surface area contributed by atoms with Crippen molar-refractivity contribution in [2.75, 3.05) is 13.7 Å². The fraction of sp³-hybridized carbons (Fsp3) is 0.258. The van der Waals surface area contributed by atoms with Crippen LogP contribution in [-0.4, -0.2) is 41.3 Å². The maximum absolute atomic E-state index is 13.8. The van der Waals surface area contributed by atoms with E-state index in [1.807, 2.05) is 43.3 Å². The molecule has 1 amide bonds. The van der Waals surface area contributed by atoms with Gasteiger partial charge in [-0.25, -0.2) is 0 Å². The minimum Gasteiger partial charge on any atom is -0.507 e. The lowest BCUT2D eigenvalue weighted by Gasteiger charge is -2.28. The predicted octanol–water partition coefficient (Wildman–Crippen LogP) is 5.13. The molecule has 0 aromatic heterocycles. The zero-order valence-electron chi connectivity index (χ0n) is 22.9. The van der Waals surface area contributed by atoms with Crippen molar-refractivity contribution >= 4 is 28.2 Å². The fourth-order valence-corrected chi connectivity index (χ4v) is 5.37. The Balaban J connectivity index is 1.57. The van der Waals surface area contributed by atoms with Gasteiger partial charge in [-0.1, -0.05) is 41.6 Å². The minimum absolute atomic E-state index is 0.0143. The van der Waals surface area contributed by atoms with E-state index in [0.29, 0.717) is 0 Å². The van der Waals surface area contributed by atoms with Crippen LogP contribution in [0.3, 0.4) is 0 Å². The van der Waals surface area contributed by atoms with Crippen molar-refractivity contribution in [2.24, 2.45) is 5.16 Å². The number of aliphatic hydroxyl groups excluding tert-OH is 1.